The molecule has 0 atom stereocenters. The van der Waals surface area contributed by atoms with Crippen LogP contribution >= 0.6 is 22.9 Å². The van der Waals surface area contributed by atoms with E-state index in [-0.39, 0.29) is 12.4 Å². The van der Waals surface area contributed by atoms with E-state index in [1.165, 1.54) is 11.3 Å². The molecule has 0 saturated carbocycles. The second-order valence-electron chi connectivity index (χ2n) is 6.15. The standard InChI is InChI=1S/C19H15ClF2N2O4S/c1-9(2)28-19(26)24-18(25)16-11(21)4-5-13(17(16)22)27-8-15-23-12-7-10(20)3-6-14(12)29-15/h3-7,9H,8H2,1-2H3,(H,24,25,26). The van der Waals surface area contributed by atoms with Crippen LogP contribution in [0.15, 0.2) is 30.3 Å². The van der Waals surface area contributed by atoms with Crippen LogP contribution in [0.25, 0.3) is 10.2 Å². The minimum absolute atomic E-state index is 0.101. The zero-order chi connectivity index (χ0) is 21.1. The highest BCUT2D eigenvalue weighted by Gasteiger charge is 2.24. The first-order chi connectivity index (χ1) is 13.7. The van der Waals surface area contributed by atoms with Crippen molar-refractivity contribution in [3.05, 3.63) is 57.6 Å². The number of thiazole rings is 1. The largest absolute Gasteiger partial charge is 0.483 e. The quantitative estimate of drug-likeness (QED) is 0.598. The van der Waals surface area contributed by atoms with E-state index >= 15 is 0 Å². The summed E-state index contributed by atoms with van der Waals surface area (Å²) in [5.74, 6) is -4.00. The summed E-state index contributed by atoms with van der Waals surface area (Å²) in [4.78, 5) is 27.9. The molecule has 2 aromatic carbocycles. The molecule has 3 aromatic rings. The molecular weight excluding hydrogens is 426 g/mol. The van der Waals surface area contributed by atoms with Gasteiger partial charge in [-0.25, -0.2) is 18.6 Å². The first kappa shape index (κ1) is 20.9. The van der Waals surface area contributed by atoms with E-state index in [0.717, 1.165) is 16.8 Å². The Morgan fingerprint density at radius 3 is 2.72 bits per heavy atom. The van der Waals surface area contributed by atoms with Crippen LogP contribution in [0.5, 0.6) is 5.75 Å². The normalized spacial score (nSPS) is 11.0. The number of fused-ring (bicyclic) bond motifs is 1. The van der Waals surface area contributed by atoms with Crippen molar-refractivity contribution in [1.82, 2.24) is 10.3 Å². The van der Waals surface area contributed by atoms with Gasteiger partial charge < -0.3 is 9.47 Å². The SMILES string of the molecule is CC(C)OC(=O)NC(=O)c1c(F)ccc(OCc2nc3cc(Cl)ccc3s2)c1F. The third-order valence-corrected chi connectivity index (χ3v) is 4.83. The van der Waals surface area contributed by atoms with Crippen LogP contribution < -0.4 is 10.1 Å². The Kier molecular flexibility index (Phi) is 6.29. The topological polar surface area (TPSA) is 77.5 Å². The minimum Gasteiger partial charge on any atom is -0.483 e. The maximum Gasteiger partial charge on any atom is 0.414 e. The monoisotopic (exact) mass is 440 g/mol. The van der Waals surface area contributed by atoms with Crippen molar-refractivity contribution in [2.24, 2.45) is 0 Å². The predicted molar refractivity (Wildman–Crippen MR) is 104 cm³/mol. The number of halogens is 3. The number of aromatic nitrogens is 1. The average Bonchev–Trinajstić information content (AvgIpc) is 3.02. The number of carbonyl (C=O) groups excluding carboxylic acids is 2. The van der Waals surface area contributed by atoms with Gasteiger partial charge in [0.05, 0.1) is 16.3 Å². The number of hydrogen-bond donors (Lipinski definition) is 1. The lowest BCUT2D eigenvalue weighted by Crippen LogP contribution is -2.33. The average molecular weight is 441 g/mol. The van der Waals surface area contributed by atoms with Crippen molar-refractivity contribution in [2.45, 2.75) is 26.6 Å². The van der Waals surface area contributed by atoms with E-state index in [1.807, 2.05) is 0 Å². The molecule has 3 rings (SSSR count). The third-order valence-electron chi connectivity index (χ3n) is 3.59. The number of rotatable bonds is 5. The summed E-state index contributed by atoms with van der Waals surface area (Å²) in [6.07, 6.45) is -1.61. The Morgan fingerprint density at radius 2 is 2.00 bits per heavy atom. The molecule has 10 heteroatoms. The number of ether oxygens (including phenoxy) is 2. The van der Waals surface area contributed by atoms with E-state index < -0.39 is 35.3 Å². The number of alkyl carbamates (subject to hydrolysis) is 1. The molecule has 0 bridgehead atoms. The molecule has 2 amide bonds. The van der Waals surface area contributed by atoms with Crippen molar-refractivity contribution in [3.8, 4) is 5.75 Å². The summed E-state index contributed by atoms with van der Waals surface area (Å²) in [5.41, 5.74) is -0.274. The van der Waals surface area contributed by atoms with Gasteiger partial charge in [0.1, 0.15) is 23.0 Å². The van der Waals surface area contributed by atoms with Crippen molar-refractivity contribution in [1.29, 1.82) is 0 Å². The predicted octanol–water partition coefficient (Wildman–Crippen LogP) is 5.08. The molecule has 152 valence electrons. The Bertz CT molecular complexity index is 1090. The number of hydrogen-bond acceptors (Lipinski definition) is 6. The van der Waals surface area contributed by atoms with Gasteiger partial charge in [-0.2, -0.15) is 0 Å². The molecule has 0 saturated heterocycles. The van der Waals surface area contributed by atoms with Gasteiger partial charge in [-0.3, -0.25) is 10.1 Å². The summed E-state index contributed by atoms with van der Waals surface area (Å²) in [6.45, 7) is 3.03. The number of nitrogens with one attached hydrogen (secondary N) is 1. The van der Waals surface area contributed by atoms with Crippen LogP contribution in [0.3, 0.4) is 0 Å². The van der Waals surface area contributed by atoms with Crippen LogP contribution in [0, 0.1) is 11.6 Å². The Labute approximate surface area is 173 Å². The second-order valence-corrected chi connectivity index (χ2v) is 7.70. The van der Waals surface area contributed by atoms with Crippen molar-refractivity contribution in [3.63, 3.8) is 0 Å². The molecule has 0 unspecified atom stereocenters. The van der Waals surface area contributed by atoms with Gasteiger partial charge >= 0.3 is 6.09 Å². The molecule has 1 aromatic heterocycles. The minimum atomic E-state index is -1.27. The number of imide groups is 1. The number of nitrogens with zero attached hydrogens (tertiary/aromatic N) is 1. The zero-order valence-electron chi connectivity index (χ0n) is 15.3. The highest BCUT2D eigenvalue weighted by molar-refractivity contribution is 7.18. The van der Waals surface area contributed by atoms with Crippen molar-refractivity contribution in [2.75, 3.05) is 0 Å². The molecule has 0 aliphatic heterocycles. The van der Waals surface area contributed by atoms with E-state index in [2.05, 4.69) is 4.98 Å². The molecular formula is C19H15ClF2N2O4S. The Hall–Kier alpha value is -2.78. The molecule has 29 heavy (non-hydrogen) atoms. The first-order valence-corrected chi connectivity index (χ1v) is 9.61. The Morgan fingerprint density at radius 1 is 1.24 bits per heavy atom. The van der Waals surface area contributed by atoms with E-state index in [9.17, 15) is 18.4 Å². The fourth-order valence-electron chi connectivity index (χ4n) is 2.40. The first-order valence-electron chi connectivity index (χ1n) is 8.42. The fourth-order valence-corrected chi connectivity index (χ4v) is 3.43. The van der Waals surface area contributed by atoms with Gasteiger partial charge in [-0.05, 0) is 44.2 Å². The number of carbonyl (C=O) groups is 2. The summed E-state index contributed by atoms with van der Waals surface area (Å²) >= 11 is 7.25. The maximum atomic E-state index is 14.6. The fraction of sp³-hybridized carbons (Fsp3) is 0.211. The van der Waals surface area contributed by atoms with Crippen LogP contribution in [-0.4, -0.2) is 23.1 Å². The van der Waals surface area contributed by atoms with Gasteiger partial charge in [0.15, 0.2) is 11.6 Å². The molecule has 1 N–H and O–H groups in total. The van der Waals surface area contributed by atoms with Crippen molar-refractivity contribution < 1.29 is 27.8 Å². The van der Waals surface area contributed by atoms with E-state index in [4.69, 9.17) is 21.1 Å². The van der Waals surface area contributed by atoms with Gasteiger partial charge in [0, 0.05) is 5.02 Å². The molecule has 1 heterocycles. The summed E-state index contributed by atoms with van der Waals surface area (Å²) in [5, 5.41) is 2.85. The lowest BCUT2D eigenvalue weighted by molar-refractivity contribution is 0.0868. The maximum absolute atomic E-state index is 14.6. The summed E-state index contributed by atoms with van der Waals surface area (Å²) in [6, 6.07) is 7.14. The lowest BCUT2D eigenvalue weighted by atomic mass is 10.1. The zero-order valence-corrected chi connectivity index (χ0v) is 16.9. The van der Waals surface area contributed by atoms with Crippen LogP contribution in [-0.2, 0) is 11.3 Å². The lowest BCUT2D eigenvalue weighted by Gasteiger charge is -2.11. The molecule has 0 aliphatic carbocycles. The molecule has 0 radical (unpaired) electrons. The summed E-state index contributed by atoms with van der Waals surface area (Å²) in [7, 11) is 0. The van der Waals surface area contributed by atoms with Gasteiger partial charge in [-0.15, -0.1) is 11.3 Å². The molecule has 0 fully saturated rings. The van der Waals surface area contributed by atoms with Gasteiger partial charge in [0.25, 0.3) is 5.91 Å². The highest BCUT2D eigenvalue weighted by Crippen LogP contribution is 2.28. The highest BCUT2D eigenvalue weighted by atomic mass is 35.5. The third kappa shape index (κ3) is 4.99. The number of amides is 2. The number of benzene rings is 2. The van der Waals surface area contributed by atoms with Gasteiger partial charge in [-0.1, -0.05) is 11.6 Å². The van der Waals surface area contributed by atoms with Crippen molar-refractivity contribution >= 4 is 45.2 Å². The Balaban J connectivity index is 1.76. The van der Waals surface area contributed by atoms with Gasteiger partial charge in [0.2, 0.25) is 0 Å². The second kappa shape index (κ2) is 8.71. The van der Waals surface area contributed by atoms with Crippen LogP contribution in [0.2, 0.25) is 5.02 Å². The van der Waals surface area contributed by atoms with Crippen LogP contribution in [0.1, 0.15) is 29.2 Å². The van der Waals surface area contributed by atoms with Crippen LogP contribution in [0.4, 0.5) is 13.6 Å². The van der Waals surface area contributed by atoms with E-state index in [0.29, 0.717) is 15.5 Å². The molecule has 0 aliphatic rings. The summed E-state index contributed by atoms with van der Waals surface area (Å²) < 4.78 is 39.6. The smallest absolute Gasteiger partial charge is 0.414 e. The molecule has 6 nitrogen and oxygen atoms in total. The van der Waals surface area contributed by atoms with E-state index in [1.54, 1.807) is 37.4 Å². The molecule has 0 spiro atoms.